The summed E-state index contributed by atoms with van der Waals surface area (Å²) in [6, 6.07) is 13.5. The predicted molar refractivity (Wildman–Crippen MR) is 89.9 cm³/mol. The number of hydrogen-bond acceptors (Lipinski definition) is 3. The van der Waals surface area contributed by atoms with E-state index in [1.54, 1.807) is 49.6 Å². The number of anilines is 1. The van der Waals surface area contributed by atoms with E-state index in [9.17, 15) is 13.2 Å². The van der Waals surface area contributed by atoms with E-state index >= 15 is 0 Å². The van der Waals surface area contributed by atoms with E-state index in [2.05, 4.69) is 10.3 Å². The average Bonchev–Trinajstić information content (AvgIpc) is 2.58. The highest BCUT2D eigenvalue weighted by atomic mass is 19.4. The zero-order valence-electron chi connectivity index (χ0n) is 13.5. The van der Waals surface area contributed by atoms with Gasteiger partial charge in [0.2, 0.25) is 0 Å². The maximum atomic E-state index is 12.3. The largest absolute Gasteiger partial charge is 0.497 e. The first-order valence-corrected chi connectivity index (χ1v) is 7.36. The molecule has 0 spiro atoms. The molecule has 0 fully saturated rings. The van der Waals surface area contributed by atoms with E-state index in [0.717, 1.165) is 0 Å². The molecule has 0 aliphatic rings. The first-order chi connectivity index (χ1) is 11.9. The average molecular weight is 353 g/mol. The van der Waals surface area contributed by atoms with Crippen LogP contribution in [0.1, 0.15) is 5.56 Å². The van der Waals surface area contributed by atoms with Crippen LogP contribution in [0.25, 0.3) is 0 Å². The summed E-state index contributed by atoms with van der Waals surface area (Å²) in [6.07, 6.45) is -4.40. The van der Waals surface area contributed by atoms with Gasteiger partial charge in [0.25, 0.3) is 0 Å². The molecule has 0 saturated heterocycles. The van der Waals surface area contributed by atoms with Gasteiger partial charge in [0.05, 0.1) is 13.7 Å². The Morgan fingerprint density at radius 1 is 1.16 bits per heavy atom. The van der Waals surface area contributed by atoms with E-state index in [1.807, 2.05) is 0 Å². The Kier molecular flexibility index (Phi) is 6.10. The van der Waals surface area contributed by atoms with Crippen molar-refractivity contribution in [3.63, 3.8) is 0 Å². The molecule has 0 saturated carbocycles. The van der Waals surface area contributed by atoms with Crippen LogP contribution in [-0.4, -0.2) is 25.9 Å². The molecule has 25 heavy (non-hydrogen) atoms. The fourth-order valence-corrected chi connectivity index (χ4v) is 1.99. The van der Waals surface area contributed by atoms with Crippen LogP contribution in [0.3, 0.4) is 0 Å². The second-order valence-corrected chi connectivity index (χ2v) is 5.07. The van der Waals surface area contributed by atoms with Gasteiger partial charge in [-0.3, -0.25) is 0 Å². The zero-order valence-corrected chi connectivity index (χ0v) is 13.5. The van der Waals surface area contributed by atoms with Gasteiger partial charge in [0.15, 0.2) is 12.6 Å². The number of alkyl halides is 3. The molecule has 0 heterocycles. The van der Waals surface area contributed by atoms with Crippen molar-refractivity contribution in [3.05, 3.63) is 54.1 Å². The van der Waals surface area contributed by atoms with Gasteiger partial charge in [-0.25, -0.2) is 4.99 Å². The maximum Gasteiger partial charge on any atom is 0.422 e. The maximum absolute atomic E-state index is 12.3. The number of halogens is 3. The molecule has 2 aromatic rings. The summed E-state index contributed by atoms with van der Waals surface area (Å²) < 4.78 is 46.8. The molecule has 2 rings (SSSR count). The van der Waals surface area contributed by atoms with Gasteiger partial charge in [-0.05, 0) is 18.2 Å². The van der Waals surface area contributed by atoms with Crippen molar-refractivity contribution in [3.8, 4) is 11.5 Å². The van der Waals surface area contributed by atoms with Gasteiger partial charge in [-0.1, -0.05) is 24.3 Å². The van der Waals surface area contributed by atoms with Crippen molar-refractivity contribution in [1.29, 1.82) is 0 Å². The fraction of sp³-hybridized carbons (Fsp3) is 0.235. The molecule has 8 heteroatoms. The minimum Gasteiger partial charge on any atom is -0.497 e. The molecule has 0 aromatic heterocycles. The lowest BCUT2D eigenvalue weighted by atomic mass is 10.2. The molecular formula is C17H18F3N3O2. The van der Waals surface area contributed by atoms with E-state index in [0.29, 0.717) is 17.0 Å². The Labute approximate surface area is 143 Å². The smallest absolute Gasteiger partial charge is 0.422 e. The van der Waals surface area contributed by atoms with Crippen LogP contribution in [0, 0.1) is 0 Å². The van der Waals surface area contributed by atoms with Crippen LogP contribution in [0.4, 0.5) is 18.9 Å². The number of hydrogen-bond donors (Lipinski definition) is 2. The van der Waals surface area contributed by atoms with Crippen molar-refractivity contribution in [2.24, 2.45) is 10.7 Å². The van der Waals surface area contributed by atoms with Gasteiger partial charge in [-0.2, -0.15) is 13.2 Å². The Bertz CT molecular complexity index is 733. The molecular weight excluding hydrogens is 335 g/mol. The summed E-state index contributed by atoms with van der Waals surface area (Å²) >= 11 is 0. The number of ether oxygens (including phenoxy) is 2. The molecule has 0 aliphatic heterocycles. The van der Waals surface area contributed by atoms with Crippen LogP contribution >= 0.6 is 0 Å². The highest BCUT2D eigenvalue weighted by Gasteiger charge is 2.28. The quantitative estimate of drug-likeness (QED) is 0.615. The minimum atomic E-state index is -4.40. The molecule has 0 atom stereocenters. The monoisotopic (exact) mass is 353 g/mol. The van der Waals surface area contributed by atoms with Gasteiger partial charge >= 0.3 is 6.18 Å². The van der Waals surface area contributed by atoms with E-state index in [1.165, 1.54) is 6.07 Å². The number of guanidine groups is 1. The van der Waals surface area contributed by atoms with Crippen LogP contribution in [0.5, 0.6) is 11.5 Å². The predicted octanol–water partition coefficient (Wildman–Crippen LogP) is 3.56. The SMILES string of the molecule is COc1cccc(NC(N)=NCc2ccccc2OCC(F)(F)F)c1. The van der Waals surface area contributed by atoms with Crippen molar-refractivity contribution in [2.75, 3.05) is 19.0 Å². The van der Waals surface area contributed by atoms with Crippen molar-refractivity contribution in [2.45, 2.75) is 12.7 Å². The summed E-state index contributed by atoms with van der Waals surface area (Å²) in [6.45, 7) is -1.28. The topological polar surface area (TPSA) is 68.9 Å². The number of nitrogens with two attached hydrogens (primary N) is 1. The van der Waals surface area contributed by atoms with Crippen molar-refractivity contribution < 1.29 is 22.6 Å². The Hall–Kier alpha value is -2.90. The van der Waals surface area contributed by atoms with Gasteiger partial charge in [0, 0.05) is 17.3 Å². The molecule has 2 aromatic carbocycles. The van der Waals surface area contributed by atoms with Crippen LogP contribution < -0.4 is 20.5 Å². The zero-order chi connectivity index (χ0) is 18.3. The summed E-state index contributed by atoms with van der Waals surface area (Å²) in [5.41, 5.74) is 7.00. The molecule has 0 radical (unpaired) electrons. The number of nitrogens with one attached hydrogen (secondary N) is 1. The molecule has 0 aliphatic carbocycles. The van der Waals surface area contributed by atoms with Gasteiger partial charge in [0.1, 0.15) is 11.5 Å². The van der Waals surface area contributed by atoms with Crippen LogP contribution in [0.2, 0.25) is 0 Å². The van der Waals surface area contributed by atoms with E-state index in [-0.39, 0.29) is 18.3 Å². The summed E-state index contributed by atoms with van der Waals surface area (Å²) in [5.74, 6) is 0.903. The third-order valence-electron chi connectivity index (χ3n) is 3.13. The normalized spacial score (nSPS) is 11.9. The van der Waals surface area contributed by atoms with Gasteiger partial charge in [-0.15, -0.1) is 0 Å². The first kappa shape index (κ1) is 18.4. The van der Waals surface area contributed by atoms with Crippen molar-refractivity contribution >= 4 is 11.6 Å². The number of para-hydroxylation sites is 1. The lowest BCUT2D eigenvalue weighted by molar-refractivity contribution is -0.153. The second-order valence-electron chi connectivity index (χ2n) is 5.07. The summed E-state index contributed by atoms with van der Waals surface area (Å²) in [5, 5.41) is 2.89. The number of nitrogens with zero attached hydrogens (tertiary/aromatic N) is 1. The van der Waals surface area contributed by atoms with E-state index < -0.39 is 12.8 Å². The number of benzene rings is 2. The first-order valence-electron chi connectivity index (χ1n) is 7.36. The number of aliphatic imine (C=N–C) groups is 1. The standard InChI is InChI=1S/C17H18F3N3O2/c1-24-14-7-4-6-13(9-14)23-16(21)22-10-12-5-2-3-8-15(12)25-11-17(18,19)20/h2-9H,10-11H2,1H3,(H3,21,22,23). The molecule has 0 bridgehead atoms. The Morgan fingerprint density at radius 3 is 2.64 bits per heavy atom. The van der Waals surface area contributed by atoms with Gasteiger partial charge < -0.3 is 20.5 Å². The highest BCUT2D eigenvalue weighted by molar-refractivity contribution is 5.92. The second kappa shape index (κ2) is 8.27. The fourth-order valence-electron chi connectivity index (χ4n) is 1.99. The molecule has 5 nitrogen and oxygen atoms in total. The van der Waals surface area contributed by atoms with Crippen LogP contribution in [0.15, 0.2) is 53.5 Å². The lowest BCUT2D eigenvalue weighted by Crippen LogP contribution is -2.22. The summed E-state index contributed by atoms with van der Waals surface area (Å²) in [4.78, 5) is 4.13. The van der Waals surface area contributed by atoms with Crippen molar-refractivity contribution in [1.82, 2.24) is 0 Å². The Morgan fingerprint density at radius 2 is 1.92 bits per heavy atom. The molecule has 3 N–H and O–H groups in total. The third kappa shape index (κ3) is 6.25. The molecule has 0 amide bonds. The van der Waals surface area contributed by atoms with Crippen LogP contribution in [-0.2, 0) is 6.54 Å². The molecule has 134 valence electrons. The Balaban J connectivity index is 2.02. The number of methoxy groups -OCH3 is 1. The summed E-state index contributed by atoms with van der Waals surface area (Å²) in [7, 11) is 1.55. The third-order valence-corrected chi connectivity index (χ3v) is 3.13. The lowest BCUT2D eigenvalue weighted by Gasteiger charge is -2.12. The minimum absolute atomic E-state index is 0.0802. The number of rotatable bonds is 6. The van der Waals surface area contributed by atoms with E-state index in [4.69, 9.17) is 15.2 Å². The molecule has 0 unspecified atom stereocenters. The highest BCUT2D eigenvalue weighted by Crippen LogP contribution is 2.23.